The monoisotopic (exact) mass is 187 g/mol. The van der Waals surface area contributed by atoms with Crippen molar-refractivity contribution in [2.75, 3.05) is 0 Å². The van der Waals surface area contributed by atoms with Crippen molar-refractivity contribution >= 4 is 16.6 Å². The van der Waals surface area contributed by atoms with E-state index in [0.29, 0.717) is 21.4 Å². The van der Waals surface area contributed by atoms with E-state index in [4.69, 9.17) is 5.53 Å². The van der Waals surface area contributed by atoms with Gasteiger partial charge >= 0.3 is 0 Å². The number of rotatable bonds is 1. The standard InChI is InChI=1S/C8H5N5O/c9-12-11-7-5-10-13(14)8-4-2-1-3-6(7)8/h1-5H. The number of nitrogens with zero attached hydrogens (tertiary/aromatic N) is 5. The fourth-order valence-electron chi connectivity index (χ4n) is 1.22. The van der Waals surface area contributed by atoms with Crippen LogP contribution >= 0.6 is 0 Å². The highest BCUT2D eigenvalue weighted by molar-refractivity contribution is 5.86. The second kappa shape index (κ2) is 3.20. The summed E-state index contributed by atoms with van der Waals surface area (Å²) in [5.74, 6) is 0. The van der Waals surface area contributed by atoms with E-state index in [1.165, 1.54) is 6.20 Å². The van der Waals surface area contributed by atoms with Crippen LogP contribution in [0.15, 0.2) is 35.6 Å². The molecular weight excluding hydrogens is 182 g/mol. The summed E-state index contributed by atoms with van der Waals surface area (Å²) in [4.78, 5) is 3.15. The first-order valence-electron chi connectivity index (χ1n) is 3.85. The van der Waals surface area contributed by atoms with E-state index < -0.39 is 0 Å². The maximum atomic E-state index is 11.2. The first kappa shape index (κ1) is 8.28. The maximum Gasteiger partial charge on any atom is 0.252 e. The minimum absolute atomic E-state index is 0.357. The van der Waals surface area contributed by atoms with Gasteiger partial charge < -0.3 is 5.21 Å². The van der Waals surface area contributed by atoms with E-state index in [1.54, 1.807) is 24.3 Å². The van der Waals surface area contributed by atoms with Crippen molar-refractivity contribution in [2.45, 2.75) is 0 Å². The first-order chi connectivity index (χ1) is 6.83. The van der Waals surface area contributed by atoms with Crippen molar-refractivity contribution in [3.05, 3.63) is 46.1 Å². The maximum absolute atomic E-state index is 11.2. The molecule has 0 atom stereocenters. The predicted molar refractivity (Wildman–Crippen MR) is 49.5 cm³/mol. The highest BCUT2D eigenvalue weighted by atomic mass is 16.5. The van der Waals surface area contributed by atoms with Crippen molar-refractivity contribution in [1.82, 2.24) is 5.10 Å². The number of fused-ring (bicyclic) bond motifs is 1. The van der Waals surface area contributed by atoms with Gasteiger partial charge in [-0.1, -0.05) is 22.1 Å². The lowest BCUT2D eigenvalue weighted by Gasteiger charge is -1.99. The third kappa shape index (κ3) is 1.19. The van der Waals surface area contributed by atoms with Crippen LogP contribution in [0, 0.1) is 5.21 Å². The molecule has 1 aromatic heterocycles. The summed E-state index contributed by atoms with van der Waals surface area (Å²) in [7, 11) is 0. The molecule has 0 aliphatic carbocycles. The van der Waals surface area contributed by atoms with Crippen LogP contribution in [0.4, 0.5) is 5.69 Å². The van der Waals surface area contributed by atoms with Crippen LogP contribution in [0.5, 0.6) is 0 Å². The van der Waals surface area contributed by atoms with Gasteiger partial charge in [-0.3, -0.25) is 0 Å². The summed E-state index contributed by atoms with van der Waals surface area (Å²) in [5, 5.41) is 18.8. The average molecular weight is 187 g/mol. The van der Waals surface area contributed by atoms with Gasteiger partial charge in [-0.15, -0.1) is 0 Å². The Balaban J connectivity index is 2.88. The number of hydrogen-bond donors (Lipinski definition) is 0. The van der Waals surface area contributed by atoms with E-state index in [0.717, 1.165) is 0 Å². The summed E-state index contributed by atoms with van der Waals surface area (Å²) < 4.78 is 0. The van der Waals surface area contributed by atoms with Crippen molar-refractivity contribution in [3.63, 3.8) is 0 Å². The van der Waals surface area contributed by atoms with Crippen LogP contribution in [0.25, 0.3) is 21.3 Å². The summed E-state index contributed by atoms with van der Waals surface area (Å²) in [6.07, 6.45) is 1.25. The van der Waals surface area contributed by atoms with Crippen LogP contribution in [-0.4, -0.2) is 5.10 Å². The Morgan fingerprint density at radius 1 is 1.43 bits per heavy atom. The predicted octanol–water partition coefficient (Wildman–Crippen LogP) is 1.81. The van der Waals surface area contributed by atoms with Crippen LogP contribution in [-0.2, 0) is 0 Å². The van der Waals surface area contributed by atoms with E-state index in [1.807, 2.05) is 0 Å². The zero-order chi connectivity index (χ0) is 9.97. The fraction of sp³-hybridized carbons (Fsp3) is 0. The van der Waals surface area contributed by atoms with Gasteiger partial charge in [-0.2, -0.15) is 0 Å². The Morgan fingerprint density at radius 2 is 2.21 bits per heavy atom. The summed E-state index contributed by atoms with van der Waals surface area (Å²) in [6, 6.07) is 6.80. The fourth-order valence-corrected chi connectivity index (χ4v) is 1.22. The molecule has 6 nitrogen and oxygen atoms in total. The average Bonchev–Trinajstić information content (AvgIpc) is 2.23. The highest BCUT2D eigenvalue weighted by Crippen LogP contribution is 2.21. The minimum Gasteiger partial charge on any atom is -0.594 e. The van der Waals surface area contributed by atoms with Crippen molar-refractivity contribution in [2.24, 2.45) is 5.11 Å². The van der Waals surface area contributed by atoms with Gasteiger partial charge in [0.25, 0.3) is 5.52 Å². The molecule has 0 unspecified atom stereocenters. The smallest absolute Gasteiger partial charge is 0.252 e. The third-order valence-electron chi connectivity index (χ3n) is 1.82. The molecule has 1 aromatic carbocycles. The Morgan fingerprint density at radius 3 is 3.00 bits per heavy atom. The van der Waals surface area contributed by atoms with Crippen molar-refractivity contribution in [1.29, 1.82) is 0 Å². The van der Waals surface area contributed by atoms with Gasteiger partial charge in [0.2, 0.25) is 0 Å². The zero-order valence-electron chi connectivity index (χ0n) is 7.03. The molecule has 14 heavy (non-hydrogen) atoms. The number of hydrogen-bond acceptors (Lipinski definition) is 3. The van der Waals surface area contributed by atoms with Crippen molar-refractivity contribution < 1.29 is 4.85 Å². The van der Waals surface area contributed by atoms with Gasteiger partial charge in [0, 0.05) is 16.1 Å². The number of benzene rings is 1. The van der Waals surface area contributed by atoms with Crippen molar-refractivity contribution in [3.8, 4) is 0 Å². The third-order valence-corrected chi connectivity index (χ3v) is 1.82. The van der Waals surface area contributed by atoms with Crippen LogP contribution in [0.1, 0.15) is 0 Å². The Labute approximate surface area is 78.6 Å². The van der Waals surface area contributed by atoms with Gasteiger partial charge in [-0.25, -0.2) is 0 Å². The topological polar surface area (TPSA) is 88.6 Å². The largest absolute Gasteiger partial charge is 0.594 e. The normalized spacial score (nSPS) is 9.71. The Bertz CT molecular complexity index is 532. The lowest BCUT2D eigenvalue weighted by atomic mass is 10.2. The van der Waals surface area contributed by atoms with E-state index in [2.05, 4.69) is 15.1 Å². The number of para-hydroxylation sites is 1. The van der Waals surface area contributed by atoms with Gasteiger partial charge in [0.05, 0.1) is 11.1 Å². The molecule has 6 heteroatoms. The Hall–Kier alpha value is -2.33. The molecule has 0 spiro atoms. The number of azide groups is 1. The second-order valence-corrected chi connectivity index (χ2v) is 2.61. The van der Waals surface area contributed by atoms with Crippen LogP contribution < -0.4 is 4.85 Å². The van der Waals surface area contributed by atoms with Crippen LogP contribution in [0.3, 0.4) is 0 Å². The molecule has 0 aliphatic rings. The molecule has 0 N–H and O–H groups in total. The zero-order valence-corrected chi connectivity index (χ0v) is 7.03. The molecular formula is C8H5N5O. The molecule has 0 saturated carbocycles. The molecule has 0 aliphatic heterocycles. The lowest BCUT2D eigenvalue weighted by Crippen LogP contribution is -2.31. The minimum atomic E-state index is 0.357. The number of aromatic nitrogens is 2. The molecule has 2 aromatic rings. The van der Waals surface area contributed by atoms with Gasteiger partial charge in [0.15, 0.2) is 0 Å². The molecule has 0 radical (unpaired) electrons. The quantitative estimate of drug-likeness (QED) is 0.224. The molecule has 2 rings (SSSR count). The second-order valence-electron chi connectivity index (χ2n) is 2.61. The molecule has 0 fully saturated rings. The summed E-state index contributed by atoms with van der Waals surface area (Å²) in [6.45, 7) is 0. The van der Waals surface area contributed by atoms with E-state index in [-0.39, 0.29) is 0 Å². The van der Waals surface area contributed by atoms with E-state index in [9.17, 15) is 5.21 Å². The molecule has 68 valence electrons. The molecule has 0 bridgehead atoms. The van der Waals surface area contributed by atoms with Crippen LogP contribution in [0.2, 0.25) is 0 Å². The van der Waals surface area contributed by atoms with Gasteiger partial charge in [0.1, 0.15) is 6.20 Å². The lowest BCUT2D eigenvalue weighted by molar-refractivity contribution is -0.642. The van der Waals surface area contributed by atoms with E-state index >= 15 is 0 Å². The SMILES string of the molecule is [N-]=[N+]=Nc1cn[n+]([O-])c2ccccc12. The molecule has 0 saturated heterocycles. The molecule has 1 heterocycles. The Kier molecular flexibility index (Phi) is 1.89. The molecule has 0 amide bonds. The summed E-state index contributed by atoms with van der Waals surface area (Å²) in [5.41, 5.74) is 9.04. The van der Waals surface area contributed by atoms with Gasteiger partial charge in [-0.05, 0) is 11.6 Å². The first-order valence-corrected chi connectivity index (χ1v) is 3.85. The highest BCUT2D eigenvalue weighted by Gasteiger charge is 2.07. The summed E-state index contributed by atoms with van der Waals surface area (Å²) >= 11 is 0.